The van der Waals surface area contributed by atoms with Crippen molar-refractivity contribution in [1.29, 1.82) is 0 Å². The molecule has 0 spiro atoms. The molecule has 0 radical (unpaired) electrons. The molecule has 0 aromatic carbocycles. The van der Waals surface area contributed by atoms with Gasteiger partial charge in [-0.1, -0.05) is 52.4 Å². The summed E-state index contributed by atoms with van der Waals surface area (Å²) in [4.78, 5) is 0. The fourth-order valence-corrected chi connectivity index (χ4v) is 3.77. The molecule has 2 fully saturated rings. The van der Waals surface area contributed by atoms with Crippen molar-refractivity contribution in [3.05, 3.63) is 0 Å². The van der Waals surface area contributed by atoms with E-state index >= 15 is 0 Å². The Hall–Kier alpha value is -0.0400. The van der Waals surface area contributed by atoms with Gasteiger partial charge in [-0.3, -0.25) is 0 Å². The highest BCUT2D eigenvalue weighted by Gasteiger charge is 2.25. The minimum absolute atomic E-state index is 0.808. The molecule has 0 aliphatic heterocycles. The molecule has 1 heteroatoms. The first-order valence-electron chi connectivity index (χ1n) is 7.99. The summed E-state index contributed by atoms with van der Waals surface area (Å²) in [5.41, 5.74) is 0. The Morgan fingerprint density at radius 1 is 0.941 bits per heavy atom. The van der Waals surface area contributed by atoms with Crippen LogP contribution in [0.3, 0.4) is 0 Å². The molecule has 2 aliphatic carbocycles. The van der Waals surface area contributed by atoms with Crippen LogP contribution in [0, 0.1) is 17.8 Å². The average Bonchev–Trinajstić information content (AvgIpc) is 2.35. The van der Waals surface area contributed by atoms with Gasteiger partial charge in [0.05, 0.1) is 0 Å². The lowest BCUT2D eigenvalue weighted by atomic mass is 9.80. The number of rotatable bonds is 4. The highest BCUT2D eigenvalue weighted by atomic mass is 14.9. The normalized spacial score (nSPS) is 36.0. The van der Waals surface area contributed by atoms with Crippen LogP contribution in [0.5, 0.6) is 0 Å². The first-order chi connectivity index (χ1) is 8.25. The predicted octanol–water partition coefficient (Wildman–Crippen LogP) is 4.37. The van der Waals surface area contributed by atoms with Gasteiger partial charge >= 0.3 is 0 Å². The van der Waals surface area contributed by atoms with Crippen LogP contribution in [0.2, 0.25) is 0 Å². The second kappa shape index (κ2) is 6.78. The Bertz CT molecular complexity index is 208. The second-order valence-electron chi connectivity index (χ2n) is 6.75. The Morgan fingerprint density at radius 3 is 2.47 bits per heavy atom. The monoisotopic (exact) mass is 237 g/mol. The maximum absolute atomic E-state index is 3.85. The zero-order valence-corrected chi connectivity index (χ0v) is 11.9. The molecule has 3 atom stereocenters. The van der Waals surface area contributed by atoms with Gasteiger partial charge in [0.1, 0.15) is 0 Å². The maximum Gasteiger partial charge on any atom is 0.00952 e. The summed E-state index contributed by atoms with van der Waals surface area (Å²) in [7, 11) is 0. The predicted molar refractivity (Wildman–Crippen MR) is 75.2 cm³/mol. The zero-order chi connectivity index (χ0) is 12.1. The average molecular weight is 237 g/mol. The largest absolute Gasteiger partial charge is 0.314 e. The van der Waals surface area contributed by atoms with E-state index in [0.717, 1.165) is 23.8 Å². The fourth-order valence-electron chi connectivity index (χ4n) is 3.77. The lowest BCUT2D eigenvalue weighted by Crippen LogP contribution is -2.40. The molecule has 0 aromatic heterocycles. The maximum atomic E-state index is 3.85. The molecule has 0 aromatic rings. The van der Waals surface area contributed by atoms with Crippen molar-refractivity contribution < 1.29 is 0 Å². The standard InChI is InChI=1S/C16H31N/c1-13-8-9-14(2)16(12-13)17-11-10-15-6-4-3-5-7-15/h13-17H,3-12H2,1-2H3. The van der Waals surface area contributed by atoms with Crippen LogP contribution in [0.15, 0.2) is 0 Å². The third-order valence-electron chi connectivity index (χ3n) is 5.14. The number of nitrogens with one attached hydrogen (secondary N) is 1. The van der Waals surface area contributed by atoms with Crippen molar-refractivity contribution in [3.8, 4) is 0 Å². The first kappa shape index (κ1) is 13.4. The summed E-state index contributed by atoms with van der Waals surface area (Å²) >= 11 is 0. The van der Waals surface area contributed by atoms with Gasteiger partial charge in [-0.2, -0.15) is 0 Å². The summed E-state index contributed by atoms with van der Waals surface area (Å²) < 4.78 is 0. The highest BCUT2D eigenvalue weighted by Crippen LogP contribution is 2.29. The van der Waals surface area contributed by atoms with Crippen molar-refractivity contribution in [3.63, 3.8) is 0 Å². The Kier molecular flexibility index (Phi) is 5.34. The van der Waals surface area contributed by atoms with E-state index < -0.39 is 0 Å². The quantitative estimate of drug-likeness (QED) is 0.765. The molecule has 3 unspecified atom stereocenters. The molecule has 0 saturated heterocycles. The summed E-state index contributed by atoms with van der Waals surface area (Å²) in [6, 6.07) is 0.808. The molecule has 100 valence electrons. The summed E-state index contributed by atoms with van der Waals surface area (Å²) in [5, 5.41) is 3.85. The Labute approximate surface area is 108 Å². The third kappa shape index (κ3) is 4.28. The van der Waals surface area contributed by atoms with E-state index in [1.807, 2.05) is 0 Å². The van der Waals surface area contributed by atoms with Gasteiger partial charge in [0.25, 0.3) is 0 Å². The van der Waals surface area contributed by atoms with Gasteiger partial charge in [0, 0.05) is 6.04 Å². The fraction of sp³-hybridized carbons (Fsp3) is 1.00. The van der Waals surface area contributed by atoms with E-state index in [2.05, 4.69) is 19.2 Å². The van der Waals surface area contributed by atoms with Gasteiger partial charge < -0.3 is 5.32 Å². The van der Waals surface area contributed by atoms with E-state index in [1.165, 1.54) is 64.3 Å². The number of hydrogen-bond acceptors (Lipinski definition) is 1. The van der Waals surface area contributed by atoms with Crippen molar-refractivity contribution >= 4 is 0 Å². The number of hydrogen-bond donors (Lipinski definition) is 1. The third-order valence-corrected chi connectivity index (χ3v) is 5.14. The van der Waals surface area contributed by atoms with Gasteiger partial charge in [0.2, 0.25) is 0 Å². The van der Waals surface area contributed by atoms with Crippen LogP contribution < -0.4 is 5.32 Å². The second-order valence-corrected chi connectivity index (χ2v) is 6.75. The van der Waals surface area contributed by atoms with Gasteiger partial charge in [-0.25, -0.2) is 0 Å². The summed E-state index contributed by atoms with van der Waals surface area (Å²) in [6.45, 7) is 6.12. The van der Waals surface area contributed by atoms with E-state index in [0.29, 0.717) is 0 Å². The van der Waals surface area contributed by atoms with Gasteiger partial charge in [-0.15, -0.1) is 0 Å². The van der Waals surface area contributed by atoms with Crippen molar-refractivity contribution in [2.24, 2.45) is 17.8 Å². The Morgan fingerprint density at radius 2 is 1.71 bits per heavy atom. The van der Waals surface area contributed by atoms with Crippen LogP contribution >= 0.6 is 0 Å². The summed E-state index contributed by atoms with van der Waals surface area (Å²) in [5.74, 6) is 2.88. The lowest BCUT2D eigenvalue weighted by molar-refractivity contribution is 0.221. The highest BCUT2D eigenvalue weighted by molar-refractivity contribution is 4.81. The van der Waals surface area contributed by atoms with Crippen LogP contribution in [0.1, 0.15) is 71.6 Å². The SMILES string of the molecule is CC1CCC(C)C(NCCC2CCCCC2)C1. The molecular formula is C16H31N. The molecule has 0 bridgehead atoms. The van der Waals surface area contributed by atoms with E-state index in [-0.39, 0.29) is 0 Å². The molecule has 0 amide bonds. The Balaban J connectivity index is 1.63. The minimum atomic E-state index is 0.808. The van der Waals surface area contributed by atoms with Crippen molar-refractivity contribution in [1.82, 2.24) is 5.32 Å². The van der Waals surface area contributed by atoms with Crippen LogP contribution in [-0.4, -0.2) is 12.6 Å². The van der Waals surface area contributed by atoms with E-state index in [4.69, 9.17) is 0 Å². The molecular weight excluding hydrogens is 206 g/mol. The topological polar surface area (TPSA) is 12.0 Å². The van der Waals surface area contributed by atoms with Crippen LogP contribution in [0.25, 0.3) is 0 Å². The van der Waals surface area contributed by atoms with Gasteiger partial charge in [0.15, 0.2) is 0 Å². The zero-order valence-electron chi connectivity index (χ0n) is 11.9. The van der Waals surface area contributed by atoms with Crippen LogP contribution in [-0.2, 0) is 0 Å². The molecule has 2 rings (SSSR count). The van der Waals surface area contributed by atoms with E-state index in [9.17, 15) is 0 Å². The van der Waals surface area contributed by atoms with Gasteiger partial charge in [-0.05, 0) is 43.6 Å². The van der Waals surface area contributed by atoms with Crippen LogP contribution in [0.4, 0.5) is 0 Å². The molecule has 1 N–H and O–H groups in total. The van der Waals surface area contributed by atoms with Crippen molar-refractivity contribution in [2.75, 3.05) is 6.54 Å². The van der Waals surface area contributed by atoms with E-state index in [1.54, 1.807) is 0 Å². The molecule has 1 nitrogen and oxygen atoms in total. The lowest BCUT2D eigenvalue weighted by Gasteiger charge is -2.34. The molecule has 0 heterocycles. The molecule has 17 heavy (non-hydrogen) atoms. The molecule has 2 aliphatic rings. The smallest absolute Gasteiger partial charge is 0.00952 e. The van der Waals surface area contributed by atoms with Crippen molar-refractivity contribution in [2.45, 2.75) is 77.7 Å². The molecule has 2 saturated carbocycles. The summed E-state index contributed by atoms with van der Waals surface area (Å²) in [6.07, 6.45) is 13.2. The minimum Gasteiger partial charge on any atom is -0.314 e. The first-order valence-corrected chi connectivity index (χ1v) is 7.99.